The van der Waals surface area contributed by atoms with Gasteiger partial charge in [-0.25, -0.2) is 4.98 Å². The Balaban J connectivity index is 1.86. The minimum Gasteiger partial charge on any atom is -0.366 e. The molecule has 5 heteroatoms. The summed E-state index contributed by atoms with van der Waals surface area (Å²) in [5.41, 5.74) is 1.95. The average molecular weight is 344 g/mol. The second-order valence-electron chi connectivity index (χ2n) is 6.68. The highest BCUT2D eigenvalue weighted by Crippen LogP contribution is 2.30. The van der Waals surface area contributed by atoms with Crippen LogP contribution in [0.1, 0.15) is 45.9 Å². The highest BCUT2D eigenvalue weighted by molar-refractivity contribution is 7.13. The van der Waals surface area contributed by atoms with Gasteiger partial charge in [-0.05, 0) is 25.3 Å². The minimum atomic E-state index is -0.0781. The number of aryl methyl sites for hydroxylation is 2. The number of carbonyl (C=O) groups is 1. The first-order valence-corrected chi connectivity index (χ1v) is 9.21. The minimum absolute atomic E-state index is 0.0437. The Morgan fingerprint density at radius 2 is 1.96 bits per heavy atom. The van der Waals surface area contributed by atoms with Crippen LogP contribution in [0.15, 0.2) is 30.3 Å². The Kier molecular flexibility index (Phi) is 5.01. The average Bonchev–Trinajstić information content (AvgIpc) is 2.93. The molecule has 1 amide bonds. The third-order valence-corrected chi connectivity index (χ3v) is 5.49. The smallest absolute Gasteiger partial charge is 0.266 e. The molecule has 2 heterocycles. The van der Waals surface area contributed by atoms with Crippen molar-refractivity contribution in [1.29, 1.82) is 0 Å². The van der Waals surface area contributed by atoms with Gasteiger partial charge in [0.15, 0.2) is 0 Å². The van der Waals surface area contributed by atoms with E-state index in [-0.39, 0.29) is 18.1 Å². The summed E-state index contributed by atoms with van der Waals surface area (Å²) in [6, 6.07) is 10.2. The molecule has 24 heavy (non-hydrogen) atoms. The van der Waals surface area contributed by atoms with Crippen LogP contribution in [0.5, 0.6) is 0 Å². The van der Waals surface area contributed by atoms with Gasteiger partial charge in [0.2, 0.25) is 0 Å². The molecule has 4 nitrogen and oxygen atoms in total. The van der Waals surface area contributed by atoms with Gasteiger partial charge in [0.05, 0.1) is 23.4 Å². The first kappa shape index (κ1) is 17.1. The third kappa shape index (κ3) is 3.52. The van der Waals surface area contributed by atoms with Gasteiger partial charge in [0.25, 0.3) is 5.91 Å². The number of rotatable bonds is 3. The lowest BCUT2D eigenvalue weighted by atomic mass is 10.0. The van der Waals surface area contributed by atoms with Gasteiger partial charge in [-0.1, -0.05) is 44.2 Å². The molecule has 0 bridgehead atoms. The first-order chi connectivity index (χ1) is 11.5. The van der Waals surface area contributed by atoms with Crippen LogP contribution >= 0.6 is 11.3 Å². The van der Waals surface area contributed by atoms with Crippen molar-refractivity contribution in [2.24, 2.45) is 5.92 Å². The van der Waals surface area contributed by atoms with E-state index in [1.807, 2.05) is 36.9 Å². The fraction of sp³-hybridized carbons (Fsp3) is 0.474. The van der Waals surface area contributed by atoms with Gasteiger partial charge in [-0.2, -0.15) is 0 Å². The van der Waals surface area contributed by atoms with Gasteiger partial charge < -0.3 is 9.64 Å². The van der Waals surface area contributed by atoms with Crippen molar-refractivity contribution < 1.29 is 9.53 Å². The van der Waals surface area contributed by atoms with Gasteiger partial charge in [0, 0.05) is 6.54 Å². The van der Waals surface area contributed by atoms with E-state index in [0.717, 1.165) is 21.1 Å². The largest absolute Gasteiger partial charge is 0.366 e. The number of ether oxygens (including phenoxy) is 1. The molecule has 2 atom stereocenters. The molecule has 1 aromatic heterocycles. The topological polar surface area (TPSA) is 42.4 Å². The molecule has 0 N–H and O–H groups in total. The van der Waals surface area contributed by atoms with Crippen LogP contribution in [-0.2, 0) is 4.74 Å². The summed E-state index contributed by atoms with van der Waals surface area (Å²) in [5.74, 6) is 0.434. The summed E-state index contributed by atoms with van der Waals surface area (Å²) in [4.78, 5) is 20.1. The van der Waals surface area contributed by atoms with Crippen LogP contribution in [0.4, 0.5) is 0 Å². The molecule has 0 unspecified atom stereocenters. The summed E-state index contributed by atoms with van der Waals surface area (Å²) in [6.07, 6.45) is -0.0344. The van der Waals surface area contributed by atoms with Gasteiger partial charge in [0.1, 0.15) is 11.0 Å². The highest BCUT2D eigenvalue weighted by atomic mass is 32.1. The van der Waals surface area contributed by atoms with E-state index >= 15 is 0 Å². The van der Waals surface area contributed by atoms with E-state index in [2.05, 4.69) is 31.0 Å². The van der Waals surface area contributed by atoms with Crippen LogP contribution in [-0.4, -0.2) is 35.0 Å². The number of nitrogens with zero attached hydrogens (tertiary/aromatic N) is 2. The molecule has 0 saturated carbocycles. The maximum absolute atomic E-state index is 13.0. The SMILES string of the molecule is Cc1nc(C)c(C(=O)N2C[C@@H](c3ccccc3)O[C@@H](C(C)C)C2)s1. The number of hydrogen-bond acceptors (Lipinski definition) is 4. The summed E-state index contributed by atoms with van der Waals surface area (Å²) >= 11 is 1.48. The maximum Gasteiger partial charge on any atom is 0.266 e. The van der Waals surface area contributed by atoms with Crippen LogP contribution < -0.4 is 0 Å². The zero-order chi connectivity index (χ0) is 17.3. The molecule has 2 aromatic rings. The third-order valence-electron chi connectivity index (χ3n) is 4.43. The normalized spacial score (nSPS) is 21.3. The summed E-state index contributed by atoms with van der Waals surface area (Å²) in [7, 11) is 0. The van der Waals surface area contributed by atoms with Crippen molar-refractivity contribution in [3.63, 3.8) is 0 Å². The van der Waals surface area contributed by atoms with E-state index in [9.17, 15) is 4.79 Å². The Hall–Kier alpha value is -1.72. The molecule has 0 spiro atoms. The van der Waals surface area contributed by atoms with E-state index in [1.54, 1.807) is 0 Å². The predicted molar refractivity (Wildman–Crippen MR) is 96.4 cm³/mol. The maximum atomic E-state index is 13.0. The fourth-order valence-electron chi connectivity index (χ4n) is 3.05. The zero-order valence-corrected chi connectivity index (χ0v) is 15.5. The number of hydrogen-bond donors (Lipinski definition) is 0. The Morgan fingerprint density at radius 1 is 1.25 bits per heavy atom. The molecule has 0 radical (unpaired) electrons. The molecule has 128 valence electrons. The molecule has 1 aromatic carbocycles. The molecule has 0 aliphatic carbocycles. The molecule has 1 fully saturated rings. The van der Waals surface area contributed by atoms with E-state index < -0.39 is 0 Å². The number of aromatic nitrogens is 1. The lowest BCUT2D eigenvalue weighted by Gasteiger charge is -2.40. The number of carbonyl (C=O) groups excluding carboxylic acids is 1. The molecular weight excluding hydrogens is 320 g/mol. The Labute approximate surface area is 147 Å². The van der Waals surface area contributed by atoms with Crippen molar-refractivity contribution in [2.75, 3.05) is 13.1 Å². The Morgan fingerprint density at radius 3 is 2.54 bits per heavy atom. The van der Waals surface area contributed by atoms with Gasteiger partial charge >= 0.3 is 0 Å². The monoisotopic (exact) mass is 344 g/mol. The molecular formula is C19H24N2O2S. The van der Waals surface area contributed by atoms with Crippen LogP contribution in [0.3, 0.4) is 0 Å². The second kappa shape index (κ2) is 7.03. The zero-order valence-electron chi connectivity index (χ0n) is 14.7. The Bertz CT molecular complexity index is 711. The number of thiazole rings is 1. The van der Waals surface area contributed by atoms with Crippen molar-refractivity contribution in [2.45, 2.75) is 39.9 Å². The standard InChI is InChI=1S/C19H24N2O2S/c1-12(2)16-10-21(19(22)18-13(3)20-14(4)24-18)11-17(23-16)15-8-6-5-7-9-15/h5-9,12,16-17H,10-11H2,1-4H3/t16-,17+/m1/s1. The van der Waals surface area contributed by atoms with Crippen molar-refractivity contribution in [3.8, 4) is 0 Å². The van der Waals surface area contributed by atoms with E-state index in [0.29, 0.717) is 19.0 Å². The van der Waals surface area contributed by atoms with Crippen molar-refractivity contribution in [3.05, 3.63) is 51.5 Å². The van der Waals surface area contributed by atoms with Crippen LogP contribution in [0.25, 0.3) is 0 Å². The van der Waals surface area contributed by atoms with E-state index in [4.69, 9.17) is 4.74 Å². The number of amides is 1. The van der Waals surface area contributed by atoms with Gasteiger partial charge in [-0.15, -0.1) is 11.3 Å². The number of morpholine rings is 1. The van der Waals surface area contributed by atoms with Crippen molar-refractivity contribution in [1.82, 2.24) is 9.88 Å². The lowest BCUT2D eigenvalue weighted by molar-refractivity contribution is -0.0954. The van der Waals surface area contributed by atoms with Crippen LogP contribution in [0, 0.1) is 19.8 Å². The summed E-state index contributed by atoms with van der Waals surface area (Å²) in [6.45, 7) is 9.35. The van der Waals surface area contributed by atoms with Crippen LogP contribution in [0.2, 0.25) is 0 Å². The van der Waals surface area contributed by atoms with E-state index in [1.165, 1.54) is 11.3 Å². The molecule has 1 aliphatic heterocycles. The molecule has 3 rings (SSSR count). The van der Waals surface area contributed by atoms with Crippen molar-refractivity contribution >= 4 is 17.2 Å². The lowest BCUT2D eigenvalue weighted by Crippen LogP contribution is -2.48. The highest BCUT2D eigenvalue weighted by Gasteiger charge is 2.34. The predicted octanol–water partition coefficient (Wildman–Crippen LogP) is 4.00. The fourth-order valence-corrected chi connectivity index (χ4v) is 3.94. The van der Waals surface area contributed by atoms with Gasteiger partial charge in [-0.3, -0.25) is 4.79 Å². The number of benzene rings is 1. The molecule has 1 aliphatic rings. The summed E-state index contributed by atoms with van der Waals surface area (Å²) in [5, 5.41) is 0.934. The molecule has 1 saturated heterocycles. The quantitative estimate of drug-likeness (QED) is 0.845. The first-order valence-electron chi connectivity index (χ1n) is 8.39. The second-order valence-corrected chi connectivity index (χ2v) is 7.88. The summed E-state index contributed by atoms with van der Waals surface area (Å²) < 4.78 is 6.28.